The number of sulfonamides is 1. The third kappa shape index (κ3) is 4.09. The number of nitrogens with one attached hydrogen (secondary N) is 1. The SMILES string of the molecule is O=C(/C=C/c1ccco1)Nc1ccc2c(c1)N(S(=O)(=O)c1ccccc1)CCC2. The average molecular weight is 408 g/mol. The summed E-state index contributed by atoms with van der Waals surface area (Å²) in [5, 5.41) is 2.78. The number of benzene rings is 2. The first-order chi connectivity index (χ1) is 14.0. The third-order valence-corrected chi connectivity index (χ3v) is 6.53. The highest BCUT2D eigenvalue weighted by Gasteiger charge is 2.29. The van der Waals surface area contributed by atoms with Gasteiger partial charge in [-0.2, -0.15) is 0 Å². The summed E-state index contributed by atoms with van der Waals surface area (Å²) < 4.78 is 32.9. The van der Waals surface area contributed by atoms with Crippen molar-refractivity contribution < 1.29 is 17.6 Å². The third-order valence-electron chi connectivity index (χ3n) is 4.70. The van der Waals surface area contributed by atoms with Gasteiger partial charge in [0.1, 0.15) is 5.76 Å². The minimum Gasteiger partial charge on any atom is -0.465 e. The monoisotopic (exact) mass is 408 g/mol. The fourth-order valence-electron chi connectivity index (χ4n) is 3.32. The molecule has 0 unspecified atom stereocenters. The number of anilines is 2. The Morgan fingerprint density at radius 3 is 2.66 bits per heavy atom. The number of amides is 1. The summed E-state index contributed by atoms with van der Waals surface area (Å²) in [5.41, 5.74) is 2.08. The maximum atomic E-state index is 13.1. The van der Waals surface area contributed by atoms with Crippen LogP contribution in [0.15, 0.2) is 82.3 Å². The minimum atomic E-state index is -3.67. The van der Waals surface area contributed by atoms with Crippen LogP contribution in [-0.4, -0.2) is 20.9 Å². The van der Waals surface area contributed by atoms with Crippen molar-refractivity contribution in [2.24, 2.45) is 0 Å². The molecule has 2 aromatic carbocycles. The van der Waals surface area contributed by atoms with Gasteiger partial charge in [-0.05, 0) is 60.9 Å². The van der Waals surface area contributed by atoms with Crippen molar-refractivity contribution in [2.45, 2.75) is 17.7 Å². The largest absolute Gasteiger partial charge is 0.465 e. The van der Waals surface area contributed by atoms with Crippen LogP contribution in [0.5, 0.6) is 0 Å². The molecule has 1 aliphatic heterocycles. The number of nitrogens with zero attached hydrogens (tertiary/aromatic N) is 1. The van der Waals surface area contributed by atoms with Crippen LogP contribution in [0.4, 0.5) is 11.4 Å². The molecule has 0 fully saturated rings. The molecule has 0 radical (unpaired) electrons. The van der Waals surface area contributed by atoms with Crippen LogP contribution in [0.25, 0.3) is 6.08 Å². The van der Waals surface area contributed by atoms with E-state index in [0.717, 1.165) is 18.4 Å². The number of carbonyl (C=O) groups is 1. The summed E-state index contributed by atoms with van der Waals surface area (Å²) >= 11 is 0. The highest BCUT2D eigenvalue weighted by Crippen LogP contribution is 2.34. The highest BCUT2D eigenvalue weighted by atomic mass is 32.2. The van der Waals surface area contributed by atoms with Gasteiger partial charge in [-0.25, -0.2) is 8.42 Å². The lowest BCUT2D eigenvalue weighted by Gasteiger charge is -2.31. The Morgan fingerprint density at radius 1 is 1.07 bits per heavy atom. The Morgan fingerprint density at radius 2 is 1.90 bits per heavy atom. The van der Waals surface area contributed by atoms with Gasteiger partial charge in [0.05, 0.1) is 16.8 Å². The quantitative estimate of drug-likeness (QED) is 0.646. The molecule has 6 nitrogen and oxygen atoms in total. The zero-order valence-electron chi connectivity index (χ0n) is 15.6. The van der Waals surface area contributed by atoms with Crippen molar-refractivity contribution in [3.8, 4) is 0 Å². The summed E-state index contributed by atoms with van der Waals surface area (Å²) in [6, 6.07) is 17.2. The van der Waals surface area contributed by atoms with Crippen molar-refractivity contribution in [3.63, 3.8) is 0 Å². The zero-order valence-corrected chi connectivity index (χ0v) is 16.4. The number of carbonyl (C=O) groups excluding carboxylic acids is 1. The molecular formula is C22H20N2O4S. The fraction of sp³-hybridized carbons (Fsp3) is 0.136. The molecule has 4 rings (SSSR count). The van der Waals surface area contributed by atoms with E-state index < -0.39 is 10.0 Å². The van der Waals surface area contributed by atoms with Gasteiger partial charge in [-0.15, -0.1) is 0 Å². The van der Waals surface area contributed by atoms with Crippen LogP contribution in [0.2, 0.25) is 0 Å². The molecule has 0 bridgehead atoms. The summed E-state index contributed by atoms with van der Waals surface area (Å²) in [4.78, 5) is 12.5. The van der Waals surface area contributed by atoms with E-state index >= 15 is 0 Å². The second-order valence-corrected chi connectivity index (χ2v) is 8.54. The van der Waals surface area contributed by atoms with Crippen molar-refractivity contribution in [2.75, 3.05) is 16.2 Å². The lowest BCUT2D eigenvalue weighted by Crippen LogP contribution is -2.35. The molecule has 0 aliphatic carbocycles. The van der Waals surface area contributed by atoms with Crippen molar-refractivity contribution in [1.29, 1.82) is 0 Å². The van der Waals surface area contributed by atoms with Crippen LogP contribution in [0.1, 0.15) is 17.7 Å². The van der Waals surface area contributed by atoms with Gasteiger partial charge in [0.15, 0.2) is 0 Å². The topological polar surface area (TPSA) is 79.6 Å². The summed E-state index contributed by atoms with van der Waals surface area (Å²) in [6.45, 7) is 0.403. The smallest absolute Gasteiger partial charge is 0.264 e. The van der Waals surface area contributed by atoms with E-state index in [0.29, 0.717) is 23.7 Å². The molecule has 148 valence electrons. The Hall–Kier alpha value is -3.32. The normalized spacial score (nSPS) is 14.0. The highest BCUT2D eigenvalue weighted by molar-refractivity contribution is 7.92. The van der Waals surface area contributed by atoms with E-state index in [-0.39, 0.29) is 10.8 Å². The Kier molecular flexibility index (Phi) is 5.22. The molecule has 0 atom stereocenters. The van der Waals surface area contributed by atoms with Crippen molar-refractivity contribution in [3.05, 3.63) is 84.3 Å². The molecule has 1 amide bonds. The molecule has 0 spiro atoms. The van der Waals surface area contributed by atoms with Gasteiger partial charge < -0.3 is 9.73 Å². The molecule has 1 aliphatic rings. The predicted octanol–water partition coefficient (Wildman–Crippen LogP) is 4.07. The average Bonchev–Trinajstić information content (AvgIpc) is 3.26. The number of aryl methyl sites for hydroxylation is 1. The maximum absolute atomic E-state index is 13.1. The Bertz CT molecular complexity index is 1140. The van der Waals surface area contributed by atoms with Crippen LogP contribution >= 0.6 is 0 Å². The molecule has 2 heterocycles. The predicted molar refractivity (Wildman–Crippen MR) is 112 cm³/mol. The number of furan rings is 1. The van der Waals surface area contributed by atoms with E-state index in [4.69, 9.17) is 4.42 Å². The second-order valence-electron chi connectivity index (χ2n) is 6.68. The number of rotatable bonds is 5. The second kappa shape index (κ2) is 7.97. The number of hydrogen-bond donors (Lipinski definition) is 1. The van der Waals surface area contributed by atoms with Gasteiger partial charge in [0, 0.05) is 18.3 Å². The lowest BCUT2D eigenvalue weighted by molar-refractivity contribution is -0.111. The standard InChI is InChI=1S/C22H20N2O4S/c25-22(13-12-19-7-5-15-28-19)23-18-11-10-17-6-4-14-24(21(17)16-18)29(26,27)20-8-2-1-3-9-20/h1-3,5,7-13,15-16H,4,6,14H2,(H,23,25)/b13-12+. The lowest BCUT2D eigenvalue weighted by atomic mass is 10.0. The zero-order chi connectivity index (χ0) is 20.3. The van der Waals surface area contributed by atoms with Gasteiger partial charge in [-0.1, -0.05) is 24.3 Å². The Labute approximate surface area is 169 Å². The van der Waals surface area contributed by atoms with Crippen LogP contribution in [-0.2, 0) is 21.2 Å². The molecule has 7 heteroatoms. The van der Waals surface area contributed by atoms with Crippen molar-refractivity contribution >= 4 is 33.4 Å². The van der Waals surface area contributed by atoms with Crippen LogP contribution in [0.3, 0.4) is 0 Å². The molecule has 3 aromatic rings. The maximum Gasteiger partial charge on any atom is 0.264 e. The number of fused-ring (bicyclic) bond motifs is 1. The van der Waals surface area contributed by atoms with E-state index in [2.05, 4.69) is 5.32 Å². The van der Waals surface area contributed by atoms with E-state index in [1.54, 1.807) is 60.7 Å². The molecule has 0 saturated carbocycles. The molecule has 0 saturated heterocycles. The van der Waals surface area contributed by atoms with Crippen molar-refractivity contribution in [1.82, 2.24) is 0 Å². The summed E-state index contributed by atoms with van der Waals surface area (Å²) in [6.07, 6.45) is 6.01. The Balaban J connectivity index is 1.60. The summed E-state index contributed by atoms with van der Waals surface area (Å²) in [7, 11) is -3.67. The first kappa shape index (κ1) is 19.0. The fourth-order valence-corrected chi connectivity index (χ4v) is 4.87. The summed E-state index contributed by atoms with van der Waals surface area (Å²) in [5.74, 6) is 0.250. The first-order valence-corrected chi connectivity index (χ1v) is 10.7. The minimum absolute atomic E-state index is 0.253. The van der Waals surface area contributed by atoms with E-state index in [9.17, 15) is 13.2 Å². The van der Waals surface area contributed by atoms with Crippen LogP contribution in [0, 0.1) is 0 Å². The number of hydrogen-bond acceptors (Lipinski definition) is 4. The molecule has 1 N–H and O–H groups in total. The van der Waals surface area contributed by atoms with Gasteiger partial charge >= 0.3 is 0 Å². The molecule has 29 heavy (non-hydrogen) atoms. The van der Waals surface area contributed by atoms with Gasteiger partial charge in [0.2, 0.25) is 5.91 Å². The van der Waals surface area contributed by atoms with E-state index in [1.807, 2.05) is 6.07 Å². The van der Waals surface area contributed by atoms with Gasteiger partial charge in [-0.3, -0.25) is 9.10 Å². The van der Waals surface area contributed by atoms with Crippen LogP contribution < -0.4 is 9.62 Å². The van der Waals surface area contributed by atoms with Gasteiger partial charge in [0.25, 0.3) is 10.0 Å². The van der Waals surface area contributed by atoms with E-state index in [1.165, 1.54) is 16.6 Å². The first-order valence-electron chi connectivity index (χ1n) is 9.27. The molecule has 1 aromatic heterocycles. The molecular weight excluding hydrogens is 388 g/mol.